The zero-order valence-electron chi connectivity index (χ0n) is 15.0. The van der Waals surface area contributed by atoms with Crippen molar-refractivity contribution in [3.63, 3.8) is 0 Å². The molecule has 0 unspecified atom stereocenters. The number of hydrogen-bond acceptors (Lipinski definition) is 4. The summed E-state index contributed by atoms with van der Waals surface area (Å²) in [6, 6.07) is 14.0. The number of benzene rings is 2. The van der Waals surface area contributed by atoms with Crippen LogP contribution in [0.1, 0.15) is 12.5 Å². The van der Waals surface area contributed by atoms with Gasteiger partial charge in [0.2, 0.25) is 5.91 Å². The highest BCUT2D eigenvalue weighted by atomic mass is 16.5. The Kier molecular flexibility index (Phi) is 7.30. The van der Waals surface area contributed by atoms with Gasteiger partial charge in [0.25, 0.3) is 0 Å². The van der Waals surface area contributed by atoms with Crippen LogP contribution in [0, 0.1) is 0 Å². The fourth-order valence-electron chi connectivity index (χ4n) is 2.16. The molecule has 0 aliphatic rings. The molecule has 26 heavy (non-hydrogen) atoms. The maximum absolute atomic E-state index is 12.0. The summed E-state index contributed by atoms with van der Waals surface area (Å²) in [5.74, 6) is 1.31. The third kappa shape index (κ3) is 6.35. The summed E-state index contributed by atoms with van der Waals surface area (Å²) in [6.45, 7) is 3.21. The lowest BCUT2D eigenvalue weighted by Gasteiger charge is -2.11. The maximum atomic E-state index is 12.0. The average Bonchev–Trinajstić information content (AvgIpc) is 2.66. The third-order valence-corrected chi connectivity index (χ3v) is 3.49. The molecule has 7 heteroatoms. The van der Waals surface area contributed by atoms with Gasteiger partial charge in [-0.2, -0.15) is 0 Å². The Balaban J connectivity index is 1.87. The van der Waals surface area contributed by atoms with Crippen molar-refractivity contribution in [3.8, 4) is 11.5 Å². The summed E-state index contributed by atoms with van der Waals surface area (Å²) in [5.41, 5.74) is 1.66. The van der Waals surface area contributed by atoms with Crippen LogP contribution >= 0.6 is 0 Å². The van der Waals surface area contributed by atoms with Crippen LogP contribution in [0.15, 0.2) is 53.5 Å². The first-order valence-electron chi connectivity index (χ1n) is 8.34. The van der Waals surface area contributed by atoms with Gasteiger partial charge in [-0.15, -0.1) is 0 Å². The predicted octanol–water partition coefficient (Wildman–Crippen LogP) is 2.09. The Morgan fingerprint density at radius 2 is 1.77 bits per heavy atom. The summed E-state index contributed by atoms with van der Waals surface area (Å²) in [7, 11) is 1.63. The van der Waals surface area contributed by atoms with E-state index in [1.165, 1.54) is 12.1 Å². The molecule has 2 aromatic carbocycles. The lowest BCUT2D eigenvalue weighted by molar-refractivity contribution is -0.115. The van der Waals surface area contributed by atoms with Gasteiger partial charge in [0.15, 0.2) is 5.96 Å². The zero-order chi connectivity index (χ0) is 18.8. The highest BCUT2D eigenvalue weighted by Crippen LogP contribution is 2.13. The zero-order valence-corrected chi connectivity index (χ0v) is 15.0. The van der Waals surface area contributed by atoms with Crippen LogP contribution in [-0.4, -0.2) is 37.2 Å². The second-order valence-corrected chi connectivity index (χ2v) is 5.49. The molecule has 0 fully saturated rings. The van der Waals surface area contributed by atoms with E-state index in [-0.39, 0.29) is 18.2 Å². The summed E-state index contributed by atoms with van der Waals surface area (Å²) in [6.07, 6.45) is 0. The van der Waals surface area contributed by atoms with Crippen LogP contribution in [0.2, 0.25) is 0 Å². The summed E-state index contributed by atoms with van der Waals surface area (Å²) < 4.78 is 5.13. The molecule has 0 aromatic heterocycles. The van der Waals surface area contributed by atoms with E-state index < -0.39 is 0 Å². The number of methoxy groups -OCH3 is 1. The molecule has 1 amide bonds. The molecule has 4 N–H and O–H groups in total. The van der Waals surface area contributed by atoms with Gasteiger partial charge >= 0.3 is 0 Å². The predicted molar refractivity (Wildman–Crippen MR) is 103 cm³/mol. The number of rotatable bonds is 7. The smallest absolute Gasteiger partial charge is 0.243 e. The molecule has 0 heterocycles. The van der Waals surface area contributed by atoms with E-state index in [9.17, 15) is 9.90 Å². The summed E-state index contributed by atoms with van der Waals surface area (Å²) >= 11 is 0. The molecule has 2 rings (SSSR count). The van der Waals surface area contributed by atoms with Crippen LogP contribution in [-0.2, 0) is 11.3 Å². The van der Waals surface area contributed by atoms with Gasteiger partial charge in [-0.25, -0.2) is 4.99 Å². The molecule has 0 bridgehead atoms. The number of phenolic OH excluding ortho intramolecular Hbond substituents is 1. The topological polar surface area (TPSA) is 95.0 Å². The monoisotopic (exact) mass is 356 g/mol. The second kappa shape index (κ2) is 9.93. The minimum atomic E-state index is -0.203. The number of carbonyl (C=O) groups excluding carboxylic acids is 1. The van der Waals surface area contributed by atoms with Crippen LogP contribution in [0.25, 0.3) is 0 Å². The SMILES string of the molecule is CCNC(=NCc1ccc(OC)cc1)NCC(=O)Nc1ccc(O)cc1. The third-order valence-electron chi connectivity index (χ3n) is 3.49. The van der Waals surface area contributed by atoms with Gasteiger partial charge in [-0.05, 0) is 48.9 Å². The molecule has 0 atom stereocenters. The average molecular weight is 356 g/mol. The molecule has 138 valence electrons. The van der Waals surface area contributed by atoms with Gasteiger partial charge in [-0.3, -0.25) is 4.79 Å². The number of carbonyl (C=O) groups is 1. The summed E-state index contributed by atoms with van der Waals surface area (Å²) in [5, 5.41) is 18.1. The first-order valence-corrected chi connectivity index (χ1v) is 8.34. The first-order chi connectivity index (χ1) is 12.6. The number of hydrogen-bond donors (Lipinski definition) is 4. The van der Waals surface area contributed by atoms with Crippen molar-refractivity contribution >= 4 is 17.6 Å². The van der Waals surface area contributed by atoms with Crippen molar-refractivity contribution in [2.24, 2.45) is 4.99 Å². The molecular weight excluding hydrogens is 332 g/mol. The van der Waals surface area contributed by atoms with Crippen molar-refractivity contribution in [1.82, 2.24) is 10.6 Å². The number of aliphatic imine (C=N–C) groups is 1. The number of nitrogens with zero attached hydrogens (tertiary/aromatic N) is 1. The Hall–Kier alpha value is -3.22. The largest absolute Gasteiger partial charge is 0.508 e. The molecular formula is C19H24N4O3. The van der Waals surface area contributed by atoms with E-state index >= 15 is 0 Å². The number of ether oxygens (including phenoxy) is 1. The maximum Gasteiger partial charge on any atom is 0.243 e. The number of aromatic hydroxyl groups is 1. The molecule has 0 aliphatic heterocycles. The van der Waals surface area contributed by atoms with E-state index in [1.807, 2.05) is 31.2 Å². The Morgan fingerprint density at radius 3 is 2.38 bits per heavy atom. The number of anilines is 1. The van der Waals surface area contributed by atoms with E-state index in [0.29, 0.717) is 24.7 Å². The van der Waals surface area contributed by atoms with Gasteiger partial charge in [0, 0.05) is 12.2 Å². The van der Waals surface area contributed by atoms with Crippen molar-refractivity contribution in [2.45, 2.75) is 13.5 Å². The highest BCUT2D eigenvalue weighted by Gasteiger charge is 2.04. The van der Waals surface area contributed by atoms with Gasteiger partial charge in [-0.1, -0.05) is 12.1 Å². The molecule has 0 spiro atoms. The van der Waals surface area contributed by atoms with Crippen molar-refractivity contribution in [3.05, 3.63) is 54.1 Å². The second-order valence-electron chi connectivity index (χ2n) is 5.49. The lowest BCUT2D eigenvalue weighted by atomic mass is 10.2. The van der Waals surface area contributed by atoms with Crippen LogP contribution in [0.4, 0.5) is 5.69 Å². The Morgan fingerprint density at radius 1 is 1.08 bits per heavy atom. The highest BCUT2D eigenvalue weighted by molar-refractivity contribution is 5.95. The van der Waals surface area contributed by atoms with Crippen molar-refractivity contribution < 1.29 is 14.6 Å². The molecule has 0 saturated carbocycles. The molecule has 0 aliphatic carbocycles. The quantitative estimate of drug-likeness (QED) is 0.346. The molecule has 2 aromatic rings. The van der Waals surface area contributed by atoms with E-state index in [2.05, 4.69) is 20.9 Å². The van der Waals surface area contributed by atoms with Gasteiger partial charge in [0.1, 0.15) is 11.5 Å². The Labute approximate surface area is 153 Å². The van der Waals surface area contributed by atoms with Gasteiger partial charge in [0.05, 0.1) is 20.2 Å². The number of phenols is 1. The lowest BCUT2D eigenvalue weighted by Crippen LogP contribution is -2.41. The first kappa shape index (κ1) is 19.1. The van der Waals surface area contributed by atoms with E-state index in [0.717, 1.165) is 11.3 Å². The Bertz CT molecular complexity index is 727. The minimum absolute atomic E-state index is 0.0787. The van der Waals surface area contributed by atoms with Crippen LogP contribution in [0.5, 0.6) is 11.5 Å². The van der Waals surface area contributed by atoms with Crippen LogP contribution < -0.4 is 20.7 Å². The number of guanidine groups is 1. The standard InChI is InChI=1S/C19H24N4O3/c1-3-20-19(21-12-14-4-10-17(26-2)11-5-14)22-13-18(25)23-15-6-8-16(24)9-7-15/h4-11,24H,3,12-13H2,1-2H3,(H,23,25)(H2,20,21,22). The molecule has 0 saturated heterocycles. The minimum Gasteiger partial charge on any atom is -0.508 e. The van der Waals surface area contributed by atoms with E-state index in [4.69, 9.17) is 4.74 Å². The normalized spacial score (nSPS) is 10.9. The number of amides is 1. The van der Waals surface area contributed by atoms with Crippen molar-refractivity contribution in [2.75, 3.05) is 25.5 Å². The molecule has 7 nitrogen and oxygen atoms in total. The van der Waals surface area contributed by atoms with Gasteiger partial charge < -0.3 is 25.8 Å². The fourth-order valence-corrected chi connectivity index (χ4v) is 2.16. The van der Waals surface area contributed by atoms with Crippen molar-refractivity contribution in [1.29, 1.82) is 0 Å². The molecule has 0 radical (unpaired) electrons. The number of nitrogens with one attached hydrogen (secondary N) is 3. The fraction of sp³-hybridized carbons (Fsp3) is 0.263. The van der Waals surface area contributed by atoms with Crippen LogP contribution in [0.3, 0.4) is 0 Å². The van der Waals surface area contributed by atoms with E-state index in [1.54, 1.807) is 19.2 Å². The summed E-state index contributed by atoms with van der Waals surface area (Å²) in [4.78, 5) is 16.5.